The Balaban J connectivity index is 1.74. The summed E-state index contributed by atoms with van der Waals surface area (Å²) in [5, 5.41) is 0. The molecule has 0 spiro atoms. The van der Waals surface area contributed by atoms with Gasteiger partial charge in [0.05, 0.1) is 0 Å². The molecule has 0 aliphatic rings. The molecule has 3 aromatic carbocycles. The van der Waals surface area contributed by atoms with Gasteiger partial charge in [-0.2, -0.15) is 0 Å². The van der Waals surface area contributed by atoms with Gasteiger partial charge in [-0.25, -0.2) is 0 Å². The first kappa shape index (κ1) is 17.6. The molecule has 0 aromatic heterocycles. The largest absolute Gasteiger partial charge is 0.295 e. The van der Waals surface area contributed by atoms with Crippen LogP contribution in [0.25, 0.3) is 12.2 Å². The summed E-state index contributed by atoms with van der Waals surface area (Å²) in [6, 6.07) is 30.3. The van der Waals surface area contributed by atoms with Crippen LogP contribution < -0.4 is 0 Å². The maximum atomic E-state index is 12.5. The van der Waals surface area contributed by atoms with Crippen LogP contribution in [0.4, 0.5) is 0 Å². The third-order valence-corrected chi connectivity index (χ3v) is 4.23. The molecule has 3 rings (SSSR count). The SMILES string of the molecule is O=C(/C=C/c1ccccc1)C[C@@H](/C=C/c1ccccc1)c1ccccc1. The Morgan fingerprint density at radius 1 is 0.692 bits per heavy atom. The van der Waals surface area contributed by atoms with Crippen molar-refractivity contribution >= 4 is 17.9 Å². The molecule has 0 saturated carbocycles. The minimum atomic E-state index is 0.0596. The molecule has 0 unspecified atom stereocenters. The molecule has 0 fully saturated rings. The van der Waals surface area contributed by atoms with E-state index in [2.05, 4.69) is 36.4 Å². The minimum absolute atomic E-state index is 0.0596. The van der Waals surface area contributed by atoms with Crippen molar-refractivity contribution in [2.24, 2.45) is 0 Å². The van der Waals surface area contributed by atoms with Crippen molar-refractivity contribution in [2.75, 3.05) is 0 Å². The molecular formula is C25H22O. The first-order valence-electron chi connectivity index (χ1n) is 8.85. The van der Waals surface area contributed by atoms with Crippen LogP contribution in [0.5, 0.6) is 0 Å². The molecule has 0 radical (unpaired) electrons. The second kappa shape index (κ2) is 9.33. The Bertz CT molecular complexity index is 862. The van der Waals surface area contributed by atoms with Crippen molar-refractivity contribution in [3.8, 4) is 0 Å². The van der Waals surface area contributed by atoms with Crippen LogP contribution in [0.15, 0.2) is 103 Å². The van der Waals surface area contributed by atoms with E-state index >= 15 is 0 Å². The van der Waals surface area contributed by atoms with Gasteiger partial charge in [0.25, 0.3) is 0 Å². The van der Waals surface area contributed by atoms with E-state index in [1.807, 2.05) is 72.8 Å². The number of hydrogen-bond acceptors (Lipinski definition) is 1. The van der Waals surface area contributed by atoms with E-state index in [1.54, 1.807) is 6.08 Å². The summed E-state index contributed by atoms with van der Waals surface area (Å²) >= 11 is 0. The second-order valence-electron chi connectivity index (χ2n) is 6.20. The lowest BCUT2D eigenvalue weighted by Crippen LogP contribution is -2.03. The summed E-state index contributed by atoms with van der Waals surface area (Å²) in [7, 11) is 0. The maximum Gasteiger partial charge on any atom is 0.156 e. The van der Waals surface area contributed by atoms with E-state index in [1.165, 1.54) is 0 Å². The predicted octanol–water partition coefficient (Wildman–Crippen LogP) is 6.16. The molecule has 0 amide bonds. The molecule has 0 bridgehead atoms. The van der Waals surface area contributed by atoms with Gasteiger partial charge in [0, 0.05) is 12.3 Å². The lowest BCUT2D eigenvalue weighted by molar-refractivity contribution is -0.114. The standard InChI is InChI=1S/C25H22O/c26-25(19-17-22-12-6-2-7-13-22)20-24(23-14-8-3-9-15-23)18-16-21-10-4-1-5-11-21/h1-19,24H,20H2/b18-16+,19-17+/t24-/m1/s1. The topological polar surface area (TPSA) is 17.1 Å². The fourth-order valence-corrected chi connectivity index (χ4v) is 2.83. The third-order valence-electron chi connectivity index (χ3n) is 4.23. The van der Waals surface area contributed by atoms with Gasteiger partial charge < -0.3 is 0 Å². The average Bonchev–Trinajstić information content (AvgIpc) is 2.72. The van der Waals surface area contributed by atoms with Gasteiger partial charge in [-0.15, -0.1) is 0 Å². The van der Waals surface area contributed by atoms with E-state index in [4.69, 9.17) is 0 Å². The molecule has 0 aliphatic heterocycles. The van der Waals surface area contributed by atoms with E-state index in [9.17, 15) is 4.79 Å². The highest BCUT2D eigenvalue weighted by Gasteiger charge is 2.11. The van der Waals surface area contributed by atoms with Crippen molar-refractivity contribution < 1.29 is 4.79 Å². The molecule has 1 nitrogen and oxygen atoms in total. The molecule has 3 aromatic rings. The molecule has 0 heterocycles. The molecule has 1 heteroatoms. The summed E-state index contributed by atoms with van der Waals surface area (Å²) in [6.45, 7) is 0. The molecular weight excluding hydrogens is 316 g/mol. The van der Waals surface area contributed by atoms with Gasteiger partial charge in [-0.05, 0) is 22.8 Å². The first-order chi connectivity index (χ1) is 12.8. The van der Waals surface area contributed by atoms with Gasteiger partial charge in [0.1, 0.15) is 0 Å². The normalized spacial score (nSPS) is 12.5. The first-order valence-corrected chi connectivity index (χ1v) is 8.85. The third kappa shape index (κ3) is 5.42. The molecule has 0 saturated heterocycles. The lowest BCUT2D eigenvalue weighted by atomic mass is 9.92. The highest BCUT2D eigenvalue weighted by atomic mass is 16.1. The van der Waals surface area contributed by atoms with E-state index in [0.717, 1.165) is 16.7 Å². The second-order valence-corrected chi connectivity index (χ2v) is 6.20. The van der Waals surface area contributed by atoms with Gasteiger partial charge in [0.2, 0.25) is 0 Å². The van der Waals surface area contributed by atoms with Crippen molar-refractivity contribution in [2.45, 2.75) is 12.3 Å². The number of allylic oxidation sites excluding steroid dienone is 2. The summed E-state index contributed by atoms with van der Waals surface area (Å²) in [5.41, 5.74) is 3.33. The average molecular weight is 338 g/mol. The number of benzene rings is 3. The molecule has 0 N–H and O–H groups in total. The van der Waals surface area contributed by atoms with E-state index < -0.39 is 0 Å². The van der Waals surface area contributed by atoms with Crippen molar-refractivity contribution in [3.63, 3.8) is 0 Å². The molecule has 0 aliphatic carbocycles. The Morgan fingerprint density at radius 2 is 1.19 bits per heavy atom. The zero-order chi connectivity index (χ0) is 18.0. The molecule has 128 valence electrons. The van der Waals surface area contributed by atoms with Crippen LogP contribution in [-0.4, -0.2) is 5.78 Å². The summed E-state index contributed by atoms with van der Waals surface area (Å²) in [6.07, 6.45) is 8.23. The fourth-order valence-electron chi connectivity index (χ4n) is 2.83. The van der Waals surface area contributed by atoms with E-state index in [-0.39, 0.29) is 11.7 Å². The minimum Gasteiger partial charge on any atom is -0.295 e. The maximum absolute atomic E-state index is 12.5. The predicted molar refractivity (Wildman–Crippen MR) is 110 cm³/mol. The zero-order valence-electron chi connectivity index (χ0n) is 14.7. The van der Waals surface area contributed by atoms with Crippen molar-refractivity contribution in [1.29, 1.82) is 0 Å². The Labute approximate surface area is 155 Å². The van der Waals surface area contributed by atoms with Crippen LogP contribution in [-0.2, 0) is 4.79 Å². The zero-order valence-corrected chi connectivity index (χ0v) is 14.7. The number of carbonyl (C=O) groups is 1. The number of rotatable bonds is 7. The number of ketones is 1. The highest BCUT2D eigenvalue weighted by molar-refractivity contribution is 5.94. The Hall–Kier alpha value is -3.19. The number of hydrogen-bond donors (Lipinski definition) is 0. The Kier molecular flexibility index (Phi) is 6.33. The smallest absolute Gasteiger partial charge is 0.156 e. The van der Waals surface area contributed by atoms with Gasteiger partial charge >= 0.3 is 0 Å². The highest BCUT2D eigenvalue weighted by Crippen LogP contribution is 2.23. The summed E-state index contributed by atoms with van der Waals surface area (Å²) in [5.74, 6) is 0.185. The van der Waals surface area contributed by atoms with E-state index in [0.29, 0.717) is 6.42 Å². The molecule has 26 heavy (non-hydrogen) atoms. The van der Waals surface area contributed by atoms with Gasteiger partial charge in [-0.1, -0.05) is 109 Å². The van der Waals surface area contributed by atoms with Crippen molar-refractivity contribution in [1.82, 2.24) is 0 Å². The summed E-state index contributed by atoms with van der Waals surface area (Å²) < 4.78 is 0. The monoisotopic (exact) mass is 338 g/mol. The summed E-state index contributed by atoms with van der Waals surface area (Å²) in [4.78, 5) is 12.5. The quantitative estimate of drug-likeness (QED) is 0.472. The van der Waals surface area contributed by atoms with Crippen LogP contribution >= 0.6 is 0 Å². The van der Waals surface area contributed by atoms with Gasteiger partial charge in [0.15, 0.2) is 5.78 Å². The Morgan fingerprint density at radius 3 is 1.77 bits per heavy atom. The molecule has 1 atom stereocenters. The van der Waals surface area contributed by atoms with Crippen LogP contribution in [0, 0.1) is 0 Å². The van der Waals surface area contributed by atoms with Crippen LogP contribution in [0.2, 0.25) is 0 Å². The lowest BCUT2D eigenvalue weighted by Gasteiger charge is -2.11. The fraction of sp³-hybridized carbons (Fsp3) is 0.0800. The van der Waals surface area contributed by atoms with Gasteiger partial charge in [-0.3, -0.25) is 4.79 Å². The number of carbonyl (C=O) groups excluding carboxylic acids is 1. The van der Waals surface area contributed by atoms with Crippen LogP contribution in [0.1, 0.15) is 29.0 Å². The van der Waals surface area contributed by atoms with Crippen LogP contribution in [0.3, 0.4) is 0 Å². The van der Waals surface area contributed by atoms with Crippen molar-refractivity contribution in [3.05, 3.63) is 120 Å².